The number of rotatable bonds is 7. The summed E-state index contributed by atoms with van der Waals surface area (Å²) in [4.78, 5) is 23.1. The lowest BCUT2D eigenvalue weighted by Crippen LogP contribution is -2.04. The van der Waals surface area contributed by atoms with Gasteiger partial charge in [0.15, 0.2) is 5.78 Å². The highest BCUT2D eigenvalue weighted by Crippen LogP contribution is 2.36. The van der Waals surface area contributed by atoms with Gasteiger partial charge in [-0.15, -0.1) is 11.3 Å². The first-order chi connectivity index (χ1) is 14.1. The highest BCUT2D eigenvalue weighted by atomic mass is 32.2. The number of thioether (sulfide) groups is 1. The fourth-order valence-electron chi connectivity index (χ4n) is 2.73. The third-order valence-electron chi connectivity index (χ3n) is 4.09. The number of Topliss-reactive ketones (excluding diaryl/α,β-unsaturated/α-hetero) is 1. The molecular weight excluding hydrogens is 414 g/mol. The van der Waals surface area contributed by atoms with E-state index in [2.05, 4.69) is 14.7 Å². The summed E-state index contributed by atoms with van der Waals surface area (Å²) in [5.74, 6) is 0.0785. The second-order valence-electron chi connectivity index (χ2n) is 5.99. The first-order valence-corrected chi connectivity index (χ1v) is 10.4. The van der Waals surface area contributed by atoms with Gasteiger partial charge in [0.25, 0.3) is 0 Å². The van der Waals surface area contributed by atoms with Crippen LogP contribution in [0.25, 0.3) is 20.7 Å². The van der Waals surface area contributed by atoms with Gasteiger partial charge in [-0.2, -0.15) is 8.78 Å². The minimum Gasteiger partial charge on any atom is -0.435 e. The van der Waals surface area contributed by atoms with Crippen molar-refractivity contribution in [1.82, 2.24) is 9.97 Å². The zero-order chi connectivity index (χ0) is 20.2. The second kappa shape index (κ2) is 8.67. The molecule has 0 saturated carbocycles. The highest BCUT2D eigenvalue weighted by Gasteiger charge is 2.13. The van der Waals surface area contributed by atoms with Gasteiger partial charge in [-0.25, -0.2) is 9.97 Å². The molecule has 0 amide bonds. The minimum atomic E-state index is -2.89. The van der Waals surface area contributed by atoms with Crippen LogP contribution in [0, 0.1) is 0 Å². The number of aromatic nitrogens is 2. The molecule has 4 rings (SSSR count). The van der Waals surface area contributed by atoms with Crippen LogP contribution in [0.5, 0.6) is 5.75 Å². The number of halogens is 2. The van der Waals surface area contributed by atoms with Crippen molar-refractivity contribution >= 4 is 39.1 Å². The van der Waals surface area contributed by atoms with Gasteiger partial charge in [-0.05, 0) is 35.9 Å². The quantitative estimate of drug-likeness (QED) is 0.207. The average molecular weight is 428 g/mol. The highest BCUT2D eigenvalue weighted by molar-refractivity contribution is 8.00. The molecular formula is C21H14F2N2O2S2. The van der Waals surface area contributed by atoms with Crippen LogP contribution < -0.4 is 4.74 Å². The summed E-state index contributed by atoms with van der Waals surface area (Å²) in [6.07, 6.45) is 1.50. The molecule has 0 saturated heterocycles. The second-order valence-corrected chi connectivity index (χ2v) is 7.98. The van der Waals surface area contributed by atoms with E-state index in [0.717, 1.165) is 25.7 Å². The number of hydrogen-bond donors (Lipinski definition) is 0. The van der Waals surface area contributed by atoms with Crippen LogP contribution in [0.2, 0.25) is 0 Å². The number of nitrogens with zero attached hydrogens (tertiary/aromatic N) is 2. The summed E-state index contributed by atoms with van der Waals surface area (Å²) in [6.45, 7) is -2.89. The van der Waals surface area contributed by atoms with E-state index in [1.54, 1.807) is 11.3 Å². The Morgan fingerprint density at radius 3 is 2.55 bits per heavy atom. The molecule has 146 valence electrons. The number of alkyl halides is 2. The predicted octanol–water partition coefficient (Wildman–Crippen LogP) is 5.93. The number of carbonyl (C=O) groups excluding carboxylic acids is 1. The lowest BCUT2D eigenvalue weighted by Gasteiger charge is -2.05. The number of benzene rings is 2. The van der Waals surface area contributed by atoms with E-state index in [1.807, 2.05) is 36.4 Å². The van der Waals surface area contributed by atoms with Crippen LogP contribution in [-0.4, -0.2) is 28.1 Å². The maximum atomic E-state index is 12.5. The standard InChI is InChI=1S/C21H14F2N2O2S2/c22-21(23)27-15-8-6-13(7-9-15)17(26)11-28-19-16-10-18(14-4-2-1-3-5-14)29-20(16)25-12-24-19/h1-10,12,21H,11H2. The first kappa shape index (κ1) is 19.5. The van der Waals surface area contributed by atoms with Gasteiger partial charge >= 0.3 is 6.61 Å². The zero-order valence-corrected chi connectivity index (χ0v) is 16.6. The number of fused-ring (bicyclic) bond motifs is 1. The van der Waals surface area contributed by atoms with E-state index < -0.39 is 6.61 Å². The van der Waals surface area contributed by atoms with Crippen LogP contribution in [0.4, 0.5) is 8.78 Å². The monoisotopic (exact) mass is 428 g/mol. The summed E-state index contributed by atoms with van der Waals surface area (Å²) < 4.78 is 28.7. The molecule has 0 atom stereocenters. The van der Waals surface area contributed by atoms with Crippen molar-refractivity contribution in [2.45, 2.75) is 11.6 Å². The average Bonchev–Trinajstić information content (AvgIpc) is 3.18. The van der Waals surface area contributed by atoms with Crippen LogP contribution in [-0.2, 0) is 0 Å². The molecule has 0 spiro atoms. The molecule has 4 nitrogen and oxygen atoms in total. The van der Waals surface area contributed by atoms with E-state index in [4.69, 9.17) is 0 Å². The Balaban J connectivity index is 1.49. The molecule has 2 aromatic carbocycles. The third-order valence-corrected chi connectivity index (χ3v) is 6.19. The Morgan fingerprint density at radius 1 is 1.07 bits per heavy atom. The molecule has 4 aromatic rings. The summed E-state index contributed by atoms with van der Waals surface area (Å²) >= 11 is 2.91. The molecule has 0 unspecified atom stereocenters. The summed E-state index contributed by atoms with van der Waals surface area (Å²) in [7, 11) is 0. The number of ether oxygens (including phenoxy) is 1. The van der Waals surface area contributed by atoms with Crippen molar-refractivity contribution in [1.29, 1.82) is 0 Å². The van der Waals surface area contributed by atoms with Crippen LogP contribution in [0.3, 0.4) is 0 Å². The lowest BCUT2D eigenvalue weighted by molar-refractivity contribution is -0.0498. The third kappa shape index (κ3) is 4.60. The Labute approximate surface area is 173 Å². The minimum absolute atomic E-state index is 0.0217. The van der Waals surface area contributed by atoms with Gasteiger partial charge in [-0.3, -0.25) is 4.79 Å². The van der Waals surface area contributed by atoms with Gasteiger partial charge in [0.1, 0.15) is 21.9 Å². The molecule has 8 heteroatoms. The summed E-state index contributed by atoms with van der Waals surface area (Å²) in [5, 5.41) is 1.65. The van der Waals surface area contributed by atoms with Gasteiger partial charge in [-0.1, -0.05) is 42.1 Å². The van der Waals surface area contributed by atoms with E-state index in [0.29, 0.717) is 5.56 Å². The number of ketones is 1. The van der Waals surface area contributed by atoms with Gasteiger partial charge in [0.2, 0.25) is 0 Å². The number of carbonyl (C=O) groups is 1. The molecule has 0 aliphatic heterocycles. The Bertz CT molecular complexity index is 1130. The van der Waals surface area contributed by atoms with Crippen molar-refractivity contribution in [2.24, 2.45) is 0 Å². The van der Waals surface area contributed by atoms with Crippen molar-refractivity contribution in [3.8, 4) is 16.2 Å². The molecule has 0 bridgehead atoms. The normalized spacial score (nSPS) is 11.1. The Kier molecular flexibility index (Phi) is 5.82. The van der Waals surface area contributed by atoms with E-state index in [1.165, 1.54) is 42.4 Å². The van der Waals surface area contributed by atoms with Crippen LogP contribution in [0.15, 0.2) is 72.0 Å². The number of hydrogen-bond acceptors (Lipinski definition) is 6. The predicted molar refractivity (Wildman–Crippen MR) is 111 cm³/mol. The molecule has 0 aliphatic rings. The fourth-order valence-corrected chi connectivity index (χ4v) is 4.67. The molecule has 0 N–H and O–H groups in total. The fraction of sp³-hybridized carbons (Fsp3) is 0.0952. The summed E-state index contributed by atoms with van der Waals surface area (Å²) in [5.41, 5.74) is 1.54. The maximum Gasteiger partial charge on any atom is 0.387 e. The topological polar surface area (TPSA) is 52.1 Å². The van der Waals surface area contributed by atoms with Crippen LogP contribution >= 0.6 is 23.1 Å². The Morgan fingerprint density at radius 2 is 1.83 bits per heavy atom. The van der Waals surface area contributed by atoms with Crippen LogP contribution in [0.1, 0.15) is 10.4 Å². The molecule has 29 heavy (non-hydrogen) atoms. The van der Waals surface area contributed by atoms with E-state index in [-0.39, 0.29) is 17.3 Å². The first-order valence-electron chi connectivity index (χ1n) is 8.61. The smallest absolute Gasteiger partial charge is 0.387 e. The largest absolute Gasteiger partial charge is 0.435 e. The van der Waals surface area contributed by atoms with Gasteiger partial charge in [0, 0.05) is 15.8 Å². The summed E-state index contributed by atoms with van der Waals surface area (Å²) in [6, 6.07) is 17.7. The van der Waals surface area contributed by atoms with Gasteiger partial charge < -0.3 is 4.74 Å². The van der Waals surface area contributed by atoms with Crippen molar-refractivity contribution in [2.75, 3.05) is 5.75 Å². The van der Waals surface area contributed by atoms with Crippen molar-refractivity contribution in [3.63, 3.8) is 0 Å². The molecule has 2 heterocycles. The zero-order valence-electron chi connectivity index (χ0n) is 14.9. The lowest BCUT2D eigenvalue weighted by atomic mass is 10.1. The molecule has 2 aromatic heterocycles. The molecule has 0 aliphatic carbocycles. The number of thiophene rings is 1. The van der Waals surface area contributed by atoms with E-state index >= 15 is 0 Å². The van der Waals surface area contributed by atoms with Crippen molar-refractivity contribution in [3.05, 3.63) is 72.6 Å². The van der Waals surface area contributed by atoms with Crippen molar-refractivity contribution < 1.29 is 18.3 Å². The maximum absolute atomic E-state index is 12.5. The molecule has 0 radical (unpaired) electrons. The molecule has 0 fully saturated rings. The SMILES string of the molecule is O=C(CSc1ncnc2sc(-c3ccccc3)cc12)c1ccc(OC(F)F)cc1. The van der Waals surface area contributed by atoms with E-state index in [9.17, 15) is 13.6 Å². The Hall–Kier alpha value is -2.84. The van der Waals surface area contributed by atoms with Gasteiger partial charge in [0.05, 0.1) is 5.75 Å².